The lowest BCUT2D eigenvalue weighted by Gasteiger charge is -2.10. The standard InChI is InChI=1S/C40H21N3OS2/c1-5-13-30-23(9-1)26-18-19-27-24-10-3-8-16-33(24)46-38(27)37(26)43(30)40-41-36(35-28-12-2-6-14-31(28)44-39(35)42-40)22-17-20-34-29(21-22)25-11-4-7-15-32(25)45-34/h1-21H. The van der Waals surface area contributed by atoms with Gasteiger partial charge in [-0.3, -0.25) is 4.57 Å². The quantitative estimate of drug-likeness (QED) is 0.192. The van der Waals surface area contributed by atoms with Gasteiger partial charge in [-0.1, -0.05) is 91.0 Å². The molecule has 11 rings (SSSR count). The van der Waals surface area contributed by atoms with Crippen molar-refractivity contribution in [3.05, 3.63) is 127 Å². The molecule has 0 saturated heterocycles. The number of furan rings is 1. The molecule has 5 aromatic heterocycles. The summed E-state index contributed by atoms with van der Waals surface area (Å²) >= 11 is 3.65. The van der Waals surface area contributed by atoms with E-state index in [1.165, 1.54) is 51.1 Å². The van der Waals surface area contributed by atoms with Crippen LogP contribution in [-0.2, 0) is 0 Å². The molecule has 0 aliphatic carbocycles. The Morgan fingerprint density at radius 1 is 0.522 bits per heavy atom. The lowest BCUT2D eigenvalue weighted by atomic mass is 10.0. The zero-order valence-corrected chi connectivity index (χ0v) is 25.8. The highest BCUT2D eigenvalue weighted by molar-refractivity contribution is 7.26. The lowest BCUT2D eigenvalue weighted by molar-refractivity contribution is 0.651. The van der Waals surface area contributed by atoms with E-state index in [1.54, 1.807) is 0 Å². The molecule has 0 radical (unpaired) electrons. The molecular formula is C40H21N3OS2. The summed E-state index contributed by atoms with van der Waals surface area (Å²) in [5.41, 5.74) is 5.51. The predicted octanol–water partition coefficient (Wildman–Crippen LogP) is 11.9. The fraction of sp³-hybridized carbons (Fsp3) is 0. The largest absolute Gasteiger partial charge is 0.437 e. The number of hydrogen-bond donors (Lipinski definition) is 0. The van der Waals surface area contributed by atoms with E-state index in [4.69, 9.17) is 14.4 Å². The molecule has 46 heavy (non-hydrogen) atoms. The topological polar surface area (TPSA) is 43.9 Å². The Bertz CT molecular complexity index is 3050. The van der Waals surface area contributed by atoms with Gasteiger partial charge in [0.25, 0.3) is 0 Å². The van der Waals surface area contributed by atoms with Gasteiger partial charge >= 0.3 is 0 Å². The van der Waals surface area contributed by atoms with Crippen LogP contribution < -0.4 is 0 Å². The number of fused-ring (bicyclic) bond motifs is 13. The van der Waals surface area contributed by atoms with Crippen molar-refractivity contribution in [1.82, 2.24) is 14.5 Å². The van der Waals surface area contributed by atoms with Crippen molar-refractivity contribution in [2.24, 2.45) is 0 Å². The monoisotopic (exact) mass is 623 g/mol. The van der Waals surface area contributed by atoms with Crippen LogP contribution in [0.4, 0.5) is 0 Å². The van der Waals surface area contributed by atoms with Crippen LogP contribution in [0.15, 0.2) is 132 Å². The van der Waals surface area contributed by atoms with Gasteiger partial charge in [-0.25, -0.2) is 4.98 Å². The van der Waals surface area contributed by atoms with Crippen molar-refractivity contribution in [1.29, 1.82) is 0 Å². The van der Waals surface area contributed by atoms with E-state index in [0.29, 0.717) is 11.7 Å². The lowest BCUT2D eigenvalue weighted by Crippen LogP contribution is -2.03. The first-order valence-corrected chi connectivity index (χ1v) is 16.9. The van der Waals surface area contributed by atoms with E-state index in [-0.39, 0.29) is 0 Å². The molecule has 6 aromatic carbocycles. The first kappa shape index (κ1) is 24.7. The molecule has 0 saturated carbocycles. The number of benzene rings is 6. The highest BCUT2D eigenvalue weighted by atomic mass is 32.1. The summed E-state index contributed by atoms with van der Waals surface area (Å²) in [7, 11) is 0. The molecule has 0 fully saturated rings. The van der Waals surface area contributed by atoms with E-state index in [1.807, 2.05) is 34.8 Å². The summed E-state index contributed by atoms with van der Waals surface area (Å²) in [4.78, 5) is 10.7. The van der Waals surface area contributed by atoms with Crippen LogP contribution in [0.25, 0.3) is 101 Å². The maximum Gasteiger partial charge on any atom is 0.238 e. The summed E-state index contributed by atoms with van der Waals surface area (Å²) in [6.07, 6.45) is 0. The molecule has 0 spiro atoms. The van der Waals surface area contributed by atoms with Crippen LogP contribution in [0.5, 0.6) is 0 Å². The van der Waals surface area contributed by atoms with Gasteiger partial charge in [-0.15, -0.1) is 22.7 Å². The van der Waals surface area contributed by atoms with Crippen molar-refractivity contribution in [2.45, 2.75) is 0 Å². The molecule has 5 heterocycles. The maximum atomic E-state index is 6.50. The van der Waals surface area contributed by atoms with Gasteiger partial charge < -0.3 is 4.42 Å². The zero-order chi connectivity index (χ0) is 29.9. The fourth-order valence-electron chi connectivity index (χ4n) is 7.23. The number of nitrogens with zero attached hydrogens (tertiary/aromatic N) is 3. The molecule has 0 unspecified atom stereocenters. The third kappa shape index (κ3) is 3.27. The average Bonchev–Trinajstić information content (AvgIpc) is 3.86. The second-order valence-electron chi connectivity index (χ2n) is 11.7. The van der Waals surface area contributed by atoms with Crippen molar-refractivity contribution < 1.29 is 4.42 Å². The Morgan fingerprint density at radius 3 is 2.07 bits per heavy atom. The van der Waals surface area contributed by atoms with E-state index < -0.39 is 0 Å². The Kier molecular flexibility index (Phi) is 4.84. The molecule has 0 amide bonds. The van der Waals surface area contributed by atoms with Crippen molar-refractivity contribution in [3.8, 4) is 17.2 Å². The fourth-order valence-corrected chi connectivity index (χ4v) is 9.56. The van der Waals surface area contributed by atoms with Crippen LogP contribution in [0, 0.1) is 0 Å². The molecular weight excluding hydrogens is 603 g/mol. The predicted molar refractivity (Wildman–Crippen MR) is 195 cm³/mol. The van der Waals surface area contributed by atoms with Crippen LogP contribution >= 0.6 is 22.7 Å². The summed E-state index contributed by atoms with van der Waals surface area (Å²) in [6, 6.07) is 45.3. The molecule has 0 bridgehead atoms. The van der Waals surface area contributed by atoms with Crippen molar-refractivity contribution >= 4 is 107 Å². The zero-order valence-electron chi connectivity index (χ0n) is 24.2. The summed E-state index contributed by atoms with van der Waals surface area (Å²) in [5.74, 6) is 0.605. The SMILES string of the molecule is c1ccc2c(c1)oc1nc(-n3c4ccccc4c4ccc5c6ccccc6sc5c43)nc(-c3ccc4sc5ccccc5c4c3)c12. The normalized spacial score (nSPS) is 12.3. The number of para-hydroxylation sites is 2. The van der Waals surface area contributed by atoms with Gasteiger partial charge in [0.15, 0.2) is 0 Å². The second-order valence-corrected chi connectivity index (χ2v) is 13.9. The third-order valence-corrected chi connectivity index (χ3v) is 11.6. The van der Waals surface area contributed by atoms with Gasteiger partial charge in [0, 0.05) is 57.4 Å². The van der Waals surface area contributed by atoms with Gasteiger partial charge in [0.2, 0.25) is 11.7 Å². The van der Waals surface area contributed by atoms with Gasteiger partial charge in [0.05, 0.1) is 26.8 Å². The number of hydrogen-bond acceptors (Lipinski definition) is 5. The van der Waals surface area contributed by atoms with Crippen molar-refractivity contribution in [3.63, 3.8) is 0 Å². The molecule has 11 aromatic rings. The molecule has 214 valence electrons. The molecule has 0 N–H and O–H groups in total. The van der Waals surface area contributed by atoms with Crippen LogP contribution in [0.3, 0.4) is 0 Å². The number of rotatable bonds is 2. The highest BCUT2D eigenvalue weighted by Crippen LogP contribution is 2.44. The van der Waals surface area contributed by atoms with E-state index in [9.17, 15) is 0 Å². The van der Waals surface area contributed by atoms with Crippen molar-refractivity contribution in [2.75, 3.05) is 0 Å². The Balaban J connectivity index is 1.30. The highest BCUT2D eigenvalue weighted by Gasteiger charge is 2.23. The van der Waals surface area contributed by atoms with Gasteiger partial charge in [-0.2, -0.15) is 4.98 Å². The molecule has 4 nitrogen and oxygen atoms in total. The second kappa shape index (κ2) is 9.01. The average molecular weight is 624 g/mol. The number of aromatic nitrogens is 3. The maximum absolute atomic E-state index is 6.50. The smallest absolute Gasteiger partial charge is 0.238 e. The third-order valence-electron chi connectivity index (χ3n) is 9.26. The minimum Gasteiger partial charge on any atom is -0.437 e. The van der Waals surface area contributed by atoms with E-state index >= 15 is 0 Å². The molecule has 0 aliphatic heterocycles. The minimum absolute atomic E-state index is 0.589. The number of thiophene rings is 2. The molecule has 0 atom stereocenters. The Hall–Kier alpha value is -5.56. The van der Waals surface area contributed by atoms with E-state index in [2.05, 4.69) is 120 Å². The summed E-state index contributed by atoms with van der Waals surface area (Å²) < 4.78 is 13.8. The van der Waals surface area contributed by atoms with Crippen LogP contribution in [-0.4, -0.2) is 14.5 Å². The minimum atomic E-state index is 0.589. The molecule has 0 aliphatic rings. The van der Waals surface area contributed by atoms with E-state index in [0.717, 1.165) is 38.6 Å². The Labute approximate surface area is 269 Å². The first-order valence-electron chi connectivity index (χ1n) is 15.2. The first-order chi connectivity index (χ1) is 22.8. The van der Waals surface area contributed by atoms with Gasteiger partial charge in [-0.05, 0) is 36.4 Å². The summed E-state index contributed by atoms with van der Waals surface area (Å²) in [6.45, 7) is 0. The summed E-state index contributed by atoms with van der Waals surface area (Å²) in [5, 5.41) is 9.34. The van der Waals surface area contributed by atoms with Gasteiger partial charge in [0.1, 0.15) is 5.58 Å². The molecule has 6 heteroatoms. The van der Waals surface area contributed by atoms with Crippen LogP contribution in [0.2, 0.25) is 0 Å². The van der Waals surface area contributed by atoms with Crippen LogP contribution in [0.1, 0.15) is 0 Å². The Morgan fingerprint density at radius 2 is 1.20 bits per heavy atom.